The minimum absolute atomic E-state index is 0.186. The molecule has 29 heavy (non-hydrogen) atoms. The van der Waals surface area contributed by atoms with Crippen molar-refractivity contribution < 1.29 is 28.5 Å². The smallest absolute Gasteiger partial charge is 0.323 e. The van der Waals surface area contributed by atoms with Gasteiger partial charge in [-0.3, -0.25) is 9.59 Å². The Kier molecular flexibility index (Phi) is 7.23. The van der Waals surface area contributed by atoms with Crippen LogP contribution in [0, 0.1) is 5.41 Å². The van der Waals surface area contributed by atoms with Crippen LogP contribution >= 0.6 is 0 Å². The fourth-order valence-electron chi connectivity index (χ4n) is 3.77. The maximum atomic E-state index is 13.1. The third-order valence-electron chi connectivity index (χ3n) is 5.20. The molecule has 156 valence electrons. The molecule has 0 atom stereocenters. The first-order valence-electron chi connectivity index (χ1n) is 10.1. The highest BCUT2D eigenvalue weighted by atomic mass is 16.7. The summed E-state index contributed by atoms with van der Waals surface area (Å²) in [7, 11) is 0. The van der Waals surface area contributed by atoms with Gasteiger partial charge < -0.3 is 18.9 Å². The van der Waals surface area contributed by atoms with E-state index in [2.05, 4.69) is 0 Å². The number of benzene rings is 2. The largest absolute Gasteiger partial charge is 0.465 e. The Morgan fingerprint density at radius 2 is 1.59 bits per heavy atom. The molecular formula is C23H28O6. The van der Waals surface area contributed by atoms with Crippen molar-refractivity contribution in [3.05, 3.63) is 48.0 Å². The SMILES string of the molecule is CCOC(=O)C(CCC1OCCO1)(Cc1cccc2ccccc12)C(=O)OCC. The fourth-order valence-corrected chi connectivity index (χ4v) is 3.77. The lowest BCUT2D eigenvalue weighted by atomic mass is 9.76. The Morgan fingerprint density at radius 1 is 0.966 bits per heavy atom. The normalized spacial score (nSPS) is 14.8. The molecule has 1 heterocycles. The van der Waals surface area contributed by atoms with Gasteiger partial charge in [0.25, 0.3) is 0 Å². The van der Waals surface area contributed by atoms with Crippen LogP contribution in [0.1, 0.15) is 32.3 Å². The van der Waals surface area contributed by atoms with Crippen LogP contribution in [-0.4, -0.2) is 44.7 Å². The van der Waals surface area contributed by atoms with Crippen molar-refractivity contribution >= 4 is 22.7 Å². The van der Waals surface area contributed by atoms with Gasteiger partial charge in [0.2, 0.25) is 0 Å². The molecule has 2 aromatic carbocycles. The maximum Gasteiger partial charge on any atom is 0.323 e. The number of hydrogen-bond donors (Lipinski definition) is 0. The molecule has 0 N–H and O–H groups in total. The van der Waals surface area contributed by atoms with E-state index in [1.807, 2.05) is 42.5 Å². The summed E-state index contributed by atoms with van der Waals surface area (Å²) >= 11 is 0. The zero-order valence-corrected chi connectivity index (χ0v) is 17.0. The molecule has 0 unspecified atom stereocenters. The minimum atomic E-state index is -1.45. The van der Waals surface area contributed by atoms with Gasteiger partial charge in [-0.05, 0) is 43.0 Å². The molecule has 6 heteroatoms. The van der Waals surface area contributed by atoms with Gasteiger partial charge in [0.15, 0.2) is 11.7 Å². The number of esters is 2. The molecule has 1 aliphatic heterocycles. The predicted molar refractivity (Wildman–Crippen MR) is 108 cm³/mol. The molecule has 6 nitrogen and oxygen atoms in total. The van der Waals surface area contributed by atoms with Crippen molar-refractivity contribution in [2.45, 2.75) is 39.4 Å². The van der Waals surface area contributed by atoms with Gasteiger partial charge in [-0.1, -0.05) is 42.5 Å². The van der Waals surface area contributed by atoms with E-state index in [1.165, 1.54) is 0 Å². The van der Waals surface area contributed by atoms with Gasteiger partial charge >= 0.3 is 11.9 Å². The number of ether oxygens (including phenoxy) is 4. The molecule has 0 spiro atoms. The highest BCUT2D eigenvalue weighted by molar-refractivity contribution is 6.01. The Labute approximate surface area is 171 Å². The van der Waals surface area contributed by atoms with Gasteiger partial charge in [0.05, 0.1) is 26.4 Å². The van der Waals surface area contributed by atoms with Crippen LogP contribution in [0.5, 0.6) is 0 Å². The minimum Gasteiger partial charge on any atom is -0.465 e. The molecular weight excluding hydrogens is 372 g/mol. The lowest BCUT2D eigenvalue weighted by Crippen LogP contribution is -2.44. The van der Waals surface area contributed by atoms with Crippen LogP contribution in [0.2, 0.25) is 0 Å². The van der Waals surface area contributed by atoms with E-state index in [1.54, 1.807) is 13.8 Å². The predicted octanol–water partition coefficient (Wildman–Crippen LogP) is 3.65. The standard InChI is InChI=1S/C23H28O6/c1-3-26-21(24)23(22(25)27-4-2,13-12-20-28-14-15-29-20)16-18-10-7-9-17-8-5-6-11-19(17)18/h5-11,20H,3-4,12-16H2,1-2H3. The van der Waals surface area contributed by atoms with Crippen LogP contribution in [-0.2, 0) is 35.0 Å². The summed E-state index contributed by atoms with van der Waals surface area (Å²) in [5, 5.41) is 2.05. The summed E-state index contributed by atoms with van der Waals surface area (Å²) in [4.78, 5) is 26.2. The number of rotatable bonds is 9. The first-order chi connectivity index (χ1) is 14.1. The molecule has 0 radical (unpaired) electrons. The summed E-state index contributed by atoms with van der Waals surface area (Å²) < 4.78 is 21.7. The summed E-state index contributed by atoms with van der Waals surface area (Å²) in [6, 6.07) is 13.8. The average molecular weight is 400 g/mol. The highest BCUT2D eigenvalue weighted by Gasteiger charge is 2.49. The van der Waals surface area contributed by atoms with Gasteiger partial charge in [0, 0.05) is 6.42 Å². The Balaban J connectivity index is 2.00. The number of carbonyl (C=O) groups is 2. The lowest BCUT2D eigenvalue weighted by Gasteiger charge is -2.30. The van der Waals surface area contributed by atoms with Crippen LogP contribution < -0.4 is 0 Å². The molecule has 0 aliphatic carbocycles. The number of fused-ring (bicyclic) bond motifs is 1. The summed E-state index contributed by atoms with van der Waals surface area (Å²) in [6.45, 7) is 4.86. The van der Waals surface area contributed by atoms with E-state index >= 15 is 0 Å². The molecule has 3 rings (SSSR count). The molecule has 0 saturated carbocycles. The molecule has 1 saturated heterocycles. The van der Waals surface area contributed by atoms with Crippen molar-refractivity contribution in [3.63, 3.8) is 0 Å². The van der Waals surface area contributed by atoms with Gasteiger partial charge in [-0.25, -0.2) is 0 Å². The highest BCUT2D eigenvalue weighted by Crippen LogP contribution is 2.36. The van der Waals surface area contributed by atoms with E-state index in [-0.39, 0.29) is 26.1 Å². The van der Waals surface area contributed by atoms with Crippen LogP contribution in [0.3, 0.4) is 0 Å². The second kappa shape index (κ2) is 9.85. The summed E-state index contributed by atoms with van der Waals surface area (Å²) in [6.07, 6.45) is 0.394. The zero-order chi connectivity index (χ0) is 20.7. The molecule has 0 amide bonds. The second-order valence-electron chi connectivity index (χ2n) is 7.05. The van der Waals surface area contributed by atoms with Crippen molar-refractivity contribution in [2.24, 2.45) is 5.41 Å². The topological polar surface area (TPSA) is 71.1 Å². The van der Waals surface area contributed by atoms with E-state index in [0.717, 1.165) is 16.3 Å². The lowest BCUT2D eigenvalue weighted by molar-refractivity contribution is -0.174. The summed E-state index contributed by atoms with van der Waals surface area (Å²) in [5.41, 5.74) is -0.552. The monoisotopic (exact) mass is 400 g/mol. The maximum absolute atomic E-state index is 13.1. The average Bonchev–Trinajstić information content (AvgIpc) is 3.25. The molecule has 2 aromatic rings. The van der Waals surface area contributed by atoms with Crippen molar-refractivity contribution in [2.75, 3.05) is 26.4 Å². The second-order valence-corrected chi connectivity index (χ2v) is 7.05. The zero-order valence-electron chi connectivity index (χ0n) is 17.0. The van der Waals surface area contributed by atoms with Gasteiger partial charge in [0.1, 0.15) is 0 Å². The Hall–Kier alpha value is -2.44. The third kappa shape index (κ3) is 4.77. The van der Waals surface area contributed by atoms with Gasteiger partial charge in [-0.15, -0.1) is 0 Å². The molecule has 1 fully saturated rings. The van der Waals surface area contributed by atoms with E-state index in [0.29, 0.717) is 19.6 Å². The first kappa shape index (κ1) is 21.3. The van der Waals surface area contributed by atoms with Crippen molar-refractivity contribution in [1.29, 1.82) is 0 Å². The van der Waals surface area contributed by atoms with Gasteiger partial charge in [-0.2, -0.15) is 0 Å². The third-order valence-corrected chi connectivity index (χ3v) is 5.20. The molecule has 0 bridgehead atoms. The number of carbonyl (C=O) groups excluding carboxylic acids is 2. The summed E-state index contributed by atoms with van der Waals surface area (Å²) in [5.74, 6) is -1.13. The molecule has 0 aromatic heterocycles. The Morgan fingerprint density at radius 3 is 2.24 bits per heavy atom. The van der Waals surface area contributed by atoms with Crippen LogP contribution in [0.15, 0.2) is 42.5 Å². The number of hydrogen-bond acceptors (Lipinski definition) is 6. The van der Waals surface area contributed by atoms with E-state index in [4.69, 9.17) is 18.9 Å². The van der Waals surface area contributed by atoms with Crippen molar-refractivity contribution in [1.82, 2.24) is 0 Å². The van der Waals surface area contributed by atoms with Crippen LogP contribution in [0.25, 0.3) is 10.8 Å². The molecule has 1 aliphatic rings. The van der Waals surface area contributed by atoms with Crippen molar-refractivity contribution in [3.8, 4) is 0 Å². The van der Waals surface area contributed by atoms with Crippen LogP contribution in [0.4, 0.5) is 0 Å². The Bertz CT molecular complexity index is 817. The quantitative estimate of drug-likeness (QED) is 0.473. The van der Waals surface area contributed by atoms with E-state index in [9.17, 15) is 9.59 Å². The van der Waals surface area contributed by atoms with E-state index < -0.39 is 23.6 Å². The fraction of sp³-hybridized carbons (Fsp3) is 0.478. The first-order valence-corrected chi connectivity index (χ1v) is 10.1.